The molecule has 0 aliphatic carbocycles. The molecule has 2 heteroatoms. The highest BCUT2D eigenvalue weighted by Gasteiger charge is 2.10. The Morgan fingerprint density at radius 3 is 2.33 bits per heavy atom. The van der Waals surface area contributed by atoms with E-state index < -0.39 is 0 Å². The molecular formula is C10H11Br2. The Morgan fingerprint density at radius 2 is 1.92 bits per heavy atom. The van der Waals surface area contributed by atoms with Gasteiger partial charge in [-0.2, -0.15) is 0 Å². The maximum Gasteiger partial charge on any atom is 0.0376 e. The molecule has 65 valence electrons. The Kier molecular flexibility index (Phi) is 3.78. The predicted octanol–water partition coefficient (Wildman–Crippen LogP) is 4.40. The summed E-state index contributed by atoms with van der Waals surface area (Å²) < 4.78 is 0. The molecule has 0 spiro atoms. The Morgan fingerprint density at radius 1 is 1.25 bits per heavy atom. The van der Waals surface area contributed by atoms with Gasteiger partial charge in [-0.25, -0.2) is 0 Å². The molecule has 0 saturated heterocycles. The third kappa shape index (κ3) is 2.33. The summed E-state index contributed by atoms with van der Waals surface area (Å²) >= 11 is 7.11. The predicted molar refractivity (Wildman–Crippen MR) is 60.0 cm³/mol. The zero-order valence-electron chi connectivity index (χ0n) is 7.14. The summed E-state index contributed by atoms with van der Waals surface area (Å²) in [5.74, 6) is 0. The quantitative estimate of drug-likeness (QED) is 0.708. The van der Waals surface area contributed by atoms with E-state index in [-0.39, 0.29) is 0 Å². The van der Waals surface area contributed by atoms with E-state index in [0.717, 1.165) is 0 Å². The van der Waals surface area contributed by atoms with Crippen LogP contribution in [0.25, 0.3) is 0 Å². The van der Waals surface area contributed by atoms with Crippen molar-refractivity contribution < 1.29 is 0 Å². The first-order valence-corrected chi connectivity index (χ1v) is 5.74. The molecule has 1 radical (unpaired) electrons. The lowest BCUT2D eigenvalue weighted by Crippen LogP contribution is -1.94. The van der Waals surface area contributed by atoms with E-state index in [1.807, 2.05) is 12.1 Å². The molecule has 2 atom stereocenters. The van der Waals surface area contributed by atoms with Gasteiger partial charge in [0.1, 0.15) is 0 Å². The van der Waals surface area contributed by atoms with Gasteiger partial charge in [-0.05, 0) is 31.0 Å². The van der Waals surface area contributed by atoms with E-state index >= 15 is 0 Å². The smallest absolute Gasteiger partial charge is 0.0376 e. The number of hydrogen-bond donors (Lipinski definition) is 0. The molecule has 2 unspecified atom stereocenters. The standard InChI is InChI=1S/C10H11Br2/c1-7(11)9-5-3-4-6-10(9)8(2)12/h3-5,7-8H,1-2H3. The van der Waals surface area contributed by atoms with Crippen LogP contribution < -0.4 is 0 Å². The van der Waals surface area contributed by atoms with Crippen LogP contribution in [0.5, 0.6) is 0 Å². The van der Waals surface area contributed by atoms with Crippen molar-refractivity contribution >= 4 is 31.9 Å². The molecule has 12 heavy (non-hydrogen) atoms. The molecule has 1 aromatic rings. The van der Waals surface area contributed by atoms with E-state index in [1.165, 1.54) is 11.1 Å². The van der Waals surface area contributed by atoms with Crippen molar-refractivity contribution in [2.24, 2.45) is 0 Å². The van der Waals surface area contributed by atoms with Crippen LogP contribution in [0.15, 0.2) is 18.2 Å². The Bertz CT molecular complexity index is 227. The van der Waals surface area contributed by atoms with E-state index in [9.17, 15) is 0 Å². The first kappa shape index (κ1) is 10.3. The second-order valence-electron chi connectivity index (χ2n) is 2.77. The van der Waals surface area contributed by atoms with Crippen LogP contribution >= 0.6 is 31.9 Å². The zero-order valence-corrected chi connectivity index (χ0v) is 10.3. The van der Waals surface area contributed by atoms with Gasteiger partial charge in [-0.1, -0.05) is 50.1 Å². The Hall–Kier alpha value is 0.180. The Labute approximate surface area is 90.6 Å². The lowest BCUT2D eigenvalue weighted by Gasteiger charge is -2.12. The van der Waals surface area contributed by atoms with Gasteiger partial charge in [0, 0.05) is 9.65 Å². The highest BCUT2D eigenvalue weighted by atomic mass is 79.9. The number of rotatable bonds is 2. The van der Waals surface area contributed by atoms with Gasteiger partial charge in [0.15, 0.2) is 0 Å². The van der Waals surface area contributed by atoms with Crippen molar-refractivity contribution in [3.63, 3.8) is 0 Å². The monoisotopic (exact) mass is 289 g/mol. The molecule has 0 N–H and O–H groups in total. The first-order chi connectivity index (χ1) is 5.63. The summed E-state index contributed by atoms with van der Waals surface area (Å²) in [5.41, 5.74) is 2.55. The number of halogens is 2. The zero-order chi connectivity index (χ0) is 9.14. The van der Waals surface area contributed by atoms with Gasteiger partial charge in [0.25, 0.3) is 0 Å². The van der Waals surface area contributed by atoms with Crippen LogP contribution in [0.4, 0.5) is 0 Å². The molecular weight excluding hydrogens is 280 g/mol. The van der Waals surface area contributed by atoms with Crippen molar-refractivity contribution in [1.29, 1.82) is 0 Å². The fourth-order valence-electron chi connectivity index (χ4n) is 1.15. The minimum absolute atomic E-state index is 0.369. The summed E-state index contributed by atoms with van der Waals surface area (Å²) in [6.45, 7) is 4.24. The number of hydrogen-bond acceptors (Lipinski definition) is 0. The summed E-state index contributed by atoms with van der Waals surface area (Å²) in [7, 11) is 0. The minimum Gasteiger partial charge on any atom is -0.0842 e. The average Bonchev–Trinajstić information content (AvgIpc) is 2.04. The third-order valence-electron chi connectivity index (χ3n) is 1.75. The summed E-state index contributed by atoms with van der Waals surface area (Å²) in [6, 6.07) is 9.34. The summed E-state index contributed by atoms with van der Waals surface area (Å²) in [6.07, 6.45) is 0. The molecule has 1 aromatic carbocycles. The van der Waals surface area contributed by atoms with Crippen molar-refractivity contribution in [3.8, 4) is 0 Å². The molecule has 0 aliphatic heterocycles. The molecule has 0 nitrogen and oxygen atoms in total. The molecule has 0 amide bonds. The summed E-state index contributed by atoms with van der Waals surface area (Å²) in [4.78, 5) is 0.763. The number of benzene rings is 1. The van der Waals surface area contributed by atoms with Crippen LogP contribution in [-0.2, 0) is 0 Å². The largest absolute Gasteiger partial charge is 0.0842 e. The van der Waals surface area contributed by atoms with Gasteiger partial charge in [-0.3, -0.25) is 0 Å². The molecule has 0 heterocycles. The SMILES string of the molecule is CC(Br)c1[c]cccc1C(C)Br. The first-order valence-electron chi connectivity index (χ1n) is 3.91. The topological polar surface area (TPSA) is 0 Å². The van der Waals surface area contributed by atoms with Crippen molar-refractivity contribution in [2.45, 2.75) is 23.5 Å². The maximum absolute atomic E-state index is 3.56. The second-order valence-corrected chi connectivity index (χ2v) is 5.52. The van der Waals surface area contributed by atoms with E-state index in [2.05, 4.69) is 57.8 Å². The van der Waals surface area contributed by atoms with E-state index in [1.54, 1.807) is 0 Å². The molecule has 0 aliphatic rings. The maximum atomic E-state index is 3.56. The van der Waals surface area contributed by atoms with Crippen molar-refractivity contribution in [2.75, 3.05) is 0 Å². The third-order valence-corrected chi connectivity index (χ3v) is 2.70. The fraction of sp³-hybridized carbons (Fsp3) is 0.400. The van der Waals surface area contributed by atoms with Crippen molar-refractivity contribution in [3.05, 3.63) is 35.4 Å². The highest BCUT2D eigenvalue weighted by molar-refractivity contribution is 9.09. The van der Waals surface area contributed by atoms with Crippen LogP contribution in [0.3, 0.4) is 0 Å². The Balaban J connectivity index is 3.09. The second kappa shape index (κ2) is 4.43. The molecule has 0 bridgehead atoms. The van der Waals surface area contributed by atoms with Gasteiger partial charge >= 0.3 is 0 Å². The molecule has 0 saturated carbocycles. The van der Waals surface area contributed by atoms with Gasteiger partial charge in [0.2, 0.25) is 0 Å². The van der Waals surface area contributed by atoms with Crippen LogP contribution in [0.2, 0.25) is 0 Å². The molecule has 0 aromatic heterocycles. The molecule has 0 fully saturated rings. The van der Waals surface area contributed by atoms with Crippen molar-refractivity contribution in [1.82, 2.24) is 0 Å². The van der Waals surface area contributed by atoms with Gasteiger partial charge < -0.3 is 0 Å². The number of alkyl halides is 2. The molecule has 1 rings (SSSR count). The normalized spacial score (nSPS) is 15.7. The average molecular weight is 291 g/mol. The fourth-order valence-corrected chi connectivity index (χ4v) is 1.95. The van der Waals surface area contributed by atoms with Crippen LogP contribution in [-0.4, -0.2) is 0 Å². The minimum atomic E-state index is 0.369. The van der Waals surface area contributed by atoms with Gasteiger partial charge in [-0.15, -0.1) is 0 Å². The van der Waals surface area contributed by atoms with E-state index in [4.69, 9.17) is 0 Å². The van der Waals surface area contributed by atoms with E-state index in [0.29, 0.717) is 9.65 Å². The van der Waals surface area contributed by atoms with Gasteiger partial charge in [0.05, 0.1) is 0 Å². The van der Waals surface area contributed by atoms with Crippen LogP contribution in [0.1, 0.15) is 34.6 Å². The highest BCUT2D eigenvalue weighted by Crippen LogP contribution is 2.31. The lowest BCUT2D eigenvalue weighted by molar-refractivity contribution is 1.02. The van der Waals surface area contributed by atoms with Crippen LogP contribution in [0, 0.1) is 6.07 Å². The summed E-state index contributed by atoms with van der Waals surface area (Å²) in [5, 5.41) is 0. The lowest BCUT2D eigenvalue weighted by atomic mass is 10.0.